The van der Waals surface area contributed by atoms with E-state index < -0.39 is 0 Å². The summed E-state index contributed by atoms with van der Waals surface area (Å²) in [5.74, 6) is 0.133. The highest BCUT2D eigenvalue weighted by atomic mass is 35.5. The molecule has 17 heavy (non-hydrogen) atoms. The Morgan fingerprint density at radius 2 is 1.82 bits per heavy atom. The number of phenolic OH excluding ortho intramolecular Hbond substituents is 1. The maximum Gasteiger partial charge on any atom is 0.141 e. The molecular weight excluding hydrogens is 257 g/mol. The lowest BCUT2D eigenvalue weighted by Gasteiger charge is -1.99. The minimum absolute atomic E-state index is 0.133. The van der Waals surface area contributed by atoms with Gasteiger partial charge in [0.05, 0.1) is 5.02 Å². The van der Waals surface area contributed by atoms with Gasteiger partial charge in [-0.15, -0.1) is 0 Å². The first-order valence-corrected chi connectivity index (χ1v) is 5.69. The van der Waals surface area contributed by atoms with Crippen molar-refractivity contribution >= 4 is 35.1 Å². The van der Waals surface area contributed by atoms with E-state index >= 15 is 0 Å². The van der Waals surface area contributed by atoms with E-state index in [9.17, 15) is 5.11 Å². The molecule has 0 amide bonds. The molecule has 2 aromatic carbocycles. The van der Waals surface area contributed by atoms with Gasteiger partial charge in [-0.3, -0.25) is 4.99 Å². The van der Waals surface area contributed by atoms with Gasteiger partial charge < -0.3 is 5.11 Å². The van der Waals surface area contributed by atoms with Crippen molar-refractivity contribution < 1.29 is 5.11 Å². The summed E-state index contributed by atoms with van der Waals surface area (Å²) in [6.07, 6.45) is 1.59. The Morgan fingerprint density at radius 3 is 2.53 bits per heavy atom. The van der Waals surface area contributed by atoms with Gasteiger partial charge in [0.25, 0.3) is 0 Å². The molecule has 4 heteroatoms. The average molecular weight is 266 g/mol. The van der Waals surface area contributed by atoms with Crippen molar-refractivity contribution in [3.63, 3.8) is 0 Å². The van der Waals surface area contributed by atoms with Gasteiger partial charge in [-0.1, -0.05) is 41.4 Å². The summed E-state index contributed by atoms with van der Waals surface area (Å²) in [5.41, 5.74) is 1.25. The number of aliphatic imine (C=N–C) groups is 1. The molecule has 0 radical (unpaired) electrons. The molecule has 0 atom stereocenters. The largest absolute Gasteiger partial charge is 0.506 e. The van der Waals surface area contributed by atoms with Gasteiger partial charge in [0.2, 0.25) is 0 Å². The zero-order valence-corrected chi connectivity index (χ0v) is 10.3. The monoisotopic (exact) mass is 265 g/mol. The molecule has 0 saturated carbocycles. The van der Waals surface area contributed by atoms with Crippen LogP contribution < -0.4 is 0 Å². The van der Waals surface area contributed by atoms with Crippen LogP contribution in [0.5, 0.6) is 5.75 Å². The molecule has 0 saturated heterocycles. The third-order valence-electron chi connectivity index (χ3n) is 2.19. The predicted molar refractivity (Wildman–Crippen MR) is 71.8 cm³/mol. The molecule has 2 nitrogen and oxygen atoms in total. The lowest BCUT2D eigenvalue weighted by Crippen LogP contribution is -1.82. The topological polar surface area (TPSA) is 32.6 Å². The van der Waals surface area contributed by atoms with Crippen LogP contribution in [0.4, 0.5) is 5.69 Å². The highest BCUT2D eigenvalue weighted by molar-refractivity contribution is 6.36. The zero-order valence-electron chi connectivity index (χ0n) is 8.77. The smallest absolute Gasteiger partial charge is 0.141 e. The van der Waals surface area contributed by atoms with Gasteiger partial charge in [0.15, 0.2) is 0 Å². The number of hydrogen-bond acceptors (Lipinski definition) is 2. The van der Waals surface area contributed by atoms with E-state index in [4.69, 9.17) is 23.2 Å². The van der Waals surface area contributed by atoms with Crippen LogP contribution in [0.2, 0.25) is 10.0 Å². The molecular formula is C13H9Cl2NO. The molecule has 0 spiro atoms. The maximum atomic E-state index is 9.53. The number of nitrogens with zero attached hydrogens (tertiary/aromatic N) is 1. The minimum atomic E-state index is 0.133. The lowest BCUT2D eigenvalue weighted by molar-refractivity contribution is 0.477. The van der Waals surface area contributed by atoms with Crippen molar-refractivity contribution in [2.75, 3.05) is 0 Å². The van der Waals surface area contributed by atoms with Crippen LogP contribution in [0.25, 0.3) is 0 Å². The fraction of sp³-hybridized carbons (Fsp3) is 0. The second-order valence-corrected chi connectivity index (χ2v) is 4.26. The standard InChI is InChI=1S/C13H9Cl2NO/c14-10-6-5-9(11(15)7-10)8-16-12-3-1-2-4-13(12)17/h1-8,17H. The van der Waals surface area contributed by atoms with E-state index in [-0.39, 0.29) is 5.75 Å². The third kappa shape index (κ3) is 2.99. The summed E-state index contributed by atoms with van der Waals surface area (Å²) in [4.78, 5) is 4.16. The van der Waals surface area contributed by atoms with Crippen molar-refractivity contribution in [3.8, 4) is 5.75 Å². The van der Waals surface area contributed by atoms with E-state index in [1.54, 1.807) is 48.7 Å². The average Bonchev–Trinajstić information content (AvgIpc) is 2.30. The van der Waals surface area contributed by atoms with Crippen molar-refractivity contribution in [1.82, 2.24) is 0 Å². The van der Waals surface area contributed by atoms with E-state index in [0.717, 1.165) is 5.56 Å². The van der Waals surface area contributed by atoms with Gasteiger partial charge in [0.1, 0.15) is 11.4 Å². The number of hydrogen-bond donors (Lipinski definition) is 1. The molecule has 0 aliphatic heterocycles. The number of rotatable bonds is 2. The minimum Gasteiger partial charge on any atom is -0.506 e. The van der Waals surface area contributed by atoms with Crippen LogP contribution in [0.3, 0.4) is 0 Å². The Balaban J connectivity index is 2.29. The van der Waals surface area contributed by atoms with Gasteiger partial charge in [-0.05, 0) is 24.3 Å². The van der Waals surface area contributed by atoms with Crippen molar-refractivity contribution in [1.29, 1.82) is 0 Å². The molecule has 0 aliphatic rings. The van der Waals surface area contributed by atoms with Crippen molar-refractivity contribution in [3.05, 3.63) is 58.1 Å². The fourth-order valence-corrected chi connectivity index (χ4v) is 1.78. The highest BCUT2D eigenvalue weighted by Gasteiger charge is 1.99. The summed E-state index contributed by atoms with van der Waals surface area (Å²) in [5, 5.41) is 10.6. The number of benzene rings is 2. The summed E-state index contributed by atoms with van der Waals surface area (Å²) in [6, 6.07) is 12.0. The summed E-state index contributed by atoms with van der Waals surface area (Å²) < 4.78 is 0. The van der Waals surface area contributed by atoms with E-state index in [1.165, 1.54) is 0 Å². The zero-order chi connectivity index (χ0) is 12.3. The number of aromatic hydroxyl groups is 1. The number of halogens is 2. The molecule has 86 valence electrons. The number of phenols is 1. The Labute approximate surface area is 109 Å². The molecule has 0 heterocycles. The molecule has 0 bridgehead atoms. The van der Waals surface area contributed by atoms with Crippen LogP contribution in [0.15, 0.2) is 47.5 Å². The summed E-state index contributed by atoms with van der Waals surface area (Å²) in [7, 11) is 0. The molecule has 0 unspecified atom stereocenters. The molecule has 1 N–H and O–H groups in total. The molecule has 2 aromatic rings. The summed E-state index contributed by atoms with van der Waals surface area (Å²) >= 11 is 11.8. The third-order valence-corrected chi connectivity index (χ3v) is 2.75. The van der Waals surface area contributed by atoms with Crippen LogP contribution in [-0.4, -0.2) is 11.3 Å². The molecule has 0 aliphatic carbocycles. The van der Waals surface area contributed by atoms with E-state index in [0.29, 0.717) is 15.7 Å². The lowest BCUT2D eigenvalue weighted by atomic mass is 10.2. The van der Waals surface area contributed by atoms with Crippen LogP contribution in [0, 0.1) is 0 Å². The van der Waals surface area contributed by atoms with Crippen LogP contribution >= 0.6 is 23.2 Å². The predicted octanol–water partition coefficient (Wildman–Crippen LogP) is 4.45. The first kappa shape index (κ1) is 12.0. The Morgan fingerprint density at radius 1 is 1.06 bits per heavy atom. The normalized spacial score (nSPS) is 10.9. The number of para-hydroxylation sites is 2. The van der Waals surface area contributed by atoms with E-state index in [2.05, 4.69) is 4.99 Å². The molecule has 0 aromatic heterocycles. The maximum absolute atomic E-state index is 9.53. The van der Waals surface area contributed by atoms with E-state index in [1.807, 2.05) is 0 Å². The highest BCUT2D eigenvalue weighted by Crippen LogP contribution is 2.26. The molecule has 2 rings (SSSR count). The quantitative estimate of drug-likeness (QED) is 0.800. The second-order valence-electron chi connectivity index (χ2n) is 3.41. The fourth-order valence-electron chi connectivity index (χ4n) is 1.32. The Kier molecular flexibility index (Phi) is 3.67. The summed E-state index contributed by atoms with van der Waals surface area (Å²) in [6.45, 7) is 0. The SMILES string of the molecule is Oc1ccccc1N=Cc1ccc(Cl)cc1Cl. The van der Waals surface area contributed by atoms with Gasteiger partial charge in [-0.25, -0.2) is 0 Å². The van der Waals surface area contributed by atoms with Crippen molar-refractivity contribution in [2.24, 2.45) is 4.99 Å². The molecule has 0 fully saturated rings. The Bertz CT molecular complexity index is 567. The van der Waals surface area contributed by atoms with Crippen molar-refractivity contribution in [2.45, 2.75) is 0 Å². The van der Waals surface area contributed by atoms with Crippen LogP contribution in [0.1, 0.15) is 5.56 Å². The van der Waals surface area contributed by atoms with Gasteiger partial charge in [-0.2, -0.15) is 0 Å². The second kappa shape index (κ2) is 5.21. The van der Waals surface area contributed by atoms with Crippen LogP contribution in [-0.2, 0) is 0 Å². The van der Waals surface area contributed by atoms with Gasteiger partial charge >= 0.3 is 0 Å². The Hall–Kier alpha value is -1.51. The first-order valence-electron chi connectivity index (χ1n) is 4.94. The van der Waals surface area contributed by atoms with Gasteiger partial charge in [0, 0.05) is 16.8 Å². The first-order chi connectivity index (χ1) is 8.16.